The van der Waals surface area contributed by atoms with Gasteiger partial charge in [0.05, 0.1) is 19.8 Å². The average molecular weight is 833 g/mol. The Hall–Kier alpha value is -2.11. The van der Waals surface area contributed by atoms with E-state index >= 15 is 0 Å². The second-order valence-corrected chi connectivity index (χ2v) is 16.2. The minimum Gasteiger partial charge on any atom is -0.457 e. The van der Waals surface area contributed by atoms with Crippen molar-refractivity contribution < 1.29 is 44.2 Å². The van der Waals surface area contributed by atoms with Crippen molar-refractivity contribution in [2.75, 3.05) is 26.4 Å². The number of esters is 1. The minimum atomic E-state index is -1.54. The molecule has 0 radical (unpaired) electrons. The SMILES string of the molecule is CC/C=C\C/C=C\C/C=C\C/C=C\CCCCCCCCCCCCC(=O)OC(COCCCCCCCC/C=C\CCCCC)COC1OC(CO)C(O)C(O)C1O. The third-order valence-corrected chi connectivity index (χ3v) is 10.7. The standard InChI is InChI=1S/C50H88O9/c1-3-5-7-9-11-13-15-17-18-19-20-21-22-23-24-25-26-27-29-31-33-35-37-39-46(52)58-44(43-57-50-49(55)48(54)47(53)45(41-51)59-50)42-56-40-38-36-34-32-30-28-16-14-12-10-8-6-4-2/h5,7,11-14,17-18,20-21,44-45,47-51,53-55H,3-4,6,8-10,15-16,19,22-43H2,1-2H3/b7-5-,13-11-,14-12-,18-17-,21-20-. The molecular formula is C50H88O9. The molecule has 0 aliphatic carbocycles. The van der Waals surface area contributed by atoms with Gasteiger partial charge in [-0.3, -0.25) is 4.79 Å². The van der Waals surface area contributed by atoms with Gasteiger partial charge >= 0.3 is 5.97 Å². The summed E-state index contributed by atoms with van der Waals surface area (Å²) in [5.74, 6) is -0.322. The number of unbranched alkanes of at least 4 members (excludes halogenated alkanes) is 19. The quantitative estimate of drug-likeness (QED) is 0.0270. The second-order valence-electron chi connectivity index (χ2n) is 16.2. The minimum absolute atomic E-state index is 0.119. The number of allylic oxidation sites excluding steroid dienone is 10. The van der Waals surface area contributed by atoms with Crippen LogP contribution in [0.5, 0.6) is 0 Å². The molecule has 1 rings (SSSR count). The average Bonchev–Trinajstić information content (AvgIpc) is 3.24. The fourth-order valence-corrected chi connectivity index (χ4v) is 6.95. The van der Waals surface area contributed by atoms with E-state index in [2.05, 4.69) is 74.6 Å². The smallest absolute Gasteiger partial charge is 0.306 e. The van der Waals surface area contributed by atoms with Crippen LogP contribution in [-0.2, 0) is 23.7 Å². The molecule has 1 aliphatic heterocycles. The number of carbonyl (C=O) groups is 1. The maximum atomic E-state index is 12.8. The maximum absolute atomic E-state index is 12.8. The van der Waals surface area contributed by atoms with Crippen LogP contribution in [0.4, 0.5) is 0 Å². The molecule has 9 nitrogen and oxygen atoms in total. The van der Waals surface area contributed by atoms with Gasteiger partial charge in [-0.2, -0.15) is 0 Å². The molecule has 4 N–H and O–H groups in total. The van der Waals surface area contributed by atoms with Crippen molar-refractivity contribution in [2.45, 2.75) is 224 Å². The number of ether oxygens (including phenoxy) is 4. The number of aliphatic hydroxyl groups is 4. The zero-order valence-corrected chi connectivity index (χ0v) is 37.5. The monoisotopic (exact) mass is 833 g/mol. The molecule has 0 saturated carbocycles. The van der Waals surface area contributed by atoms with E-state index in [9.17, 15) is 25.2 Å². The van der Waals surface area contributed by atoms with Crippen molar-refractivity contribution in [1.29, 1.82) is 0 Å². The Labute approximate surface area is 360 Å². The summed E-state index contributed by atoms with van der Waals surface area (Å²) in [6, 6.07) is 0. The summed E-state index contributed by atoms with van der Waals surface area (Å²) in [6.45, 7) is 4.41. The van der Waals surface area contributed by atoms with Crippen LogP contribution in [-0.4, -0.2) is 89.6 Å². The van der Waals surface area contributed by atoms with E-state index in [1.807, 2.05) is 0 Å². The number of aliphatic hydroxyl groups excluding tert-OH is 4. The number of hydrogen-bond acceptors (Lipinski definition) is 9. The lowest BCUT2D eigenvalue weighted by Crippen LogP contribution is -2.59. The molecule has 1 saturated heterocycles. The normalized spacial score (nSPS) is 20.7. The second kappa shape index (κ2) is 41.3. The van der Waals surface area contributed by atoms with Crippen molar-refractivity contribution in [1.82, 2.24) is 0 Å². The van der Waals surface area contributed by atoms with E-state index in [1.54, 1.807) is 0 Å². The maximum Gasteiger partial charge on any atom is 0.306 e. The van der Waals surface area contributed by atoms with Gasteiger partial charge in [-0.15, -0.1) is 0 Å². The van der Waals surface area contributed by atoms with E-state index in [0.717, 1.165) is 77.0 Å². The molecule has 9 heteroatoms. The lowest BCUT2D eigenvalue weighted by Gasteiger charge is -2.39. The van der Waals surface area contributed by atoms with Crippen molar-refractivity contribution in [3.8, 4) is 0 Å². The molecule has 6 unspecified atom stereocenters. The first-order valence-electron chi connectivity index (χ1n) is 23.9. The van der Waals surface area contributed by atoms with Gasteiger partial charge in [-0.05, 0) is 77.0 Å². The van der Waals surface area contributed by atoms with Gasteiger partial charge in [0.15, 0.2) is 6.29 Å². The third kappa shape index (κ3) is 32.3. The molecule has 1 aliphatic rings. The van der Waals surface area contributed by atoms with Crippen LogP contribution < -0.4 is 0 Å². The molecule has 0 amide bonds. The van der Waals surface area contributed by atoms with Crippen LogP contribution in [0.2, 0.25) is 0 Å². The molecular weight excluding hydrogens is 745 g/mol. The largest absolute Gasteiger partial charge is 0.457 e. The predicted molar refractivity (Wildman–Crippen MR) is 242 cm³/mol. The third-order valence-electron chi connectivity index (χ3n) is 10.7. The zero-order valence-electron chi connectivity index (χ0n) is 37.5. The molecule has 0 aromatic rings. The Kier molecular flexibility index (Phi) is 38.4. The first-order valence-corrected chi connectivity index (χ1v) is 23.9. The van der Waals surface area contributed by atoms with Crippen molar-refractivity contribution >= 4 is 5.97 Å². The van der Waals surface area contributed by atoms with Crippen LogP contribution in [0.1, 0.15) is 187 Å². The molecule has 342 valence electrons. The molecule has 59 heavy (non-hydrogen) atoms. The Balaban J connectivity index is 2.22. The fourth-order valence-electron chi connectivity index (χ4n) is 6.95. The van der Waals surface area contributed by atoms with Crippen LogP contribution in [0.3, 0.4) is 0 Å². The summed E-state index contributed by atoms with van der Waals surface area (Å²) in [5, 5.41) is 40.1. The molecule has 6 atom stereocenters. The van der Waals surface area contributed by atoms with Crippen LogP contribution in [0, 0.1) is 0 Å². The van der Waals surface area contributed by atoms with Crippen LogP contribution >= 0.6 is 0 Å². The van der Waals surface area contributed by atoms with Gasteiger partial charge in [0, 0.05) is 13.0 Å². The van der Waals surface area contributed by atoms with Crippen molar-refractivity contribution in [3.05, 3.63) is 60.8 Å². The first kappa shape index (κ1) is 54.9. The highest BCUT2D eigenvalue weighted by molar-refractivity contribution is 5.69. The van der Waals surface area contributed by atoms with Gasteiger partial charge in [-0.25, -0.2) is 0 Å². The fraction of sp³-hybridized carbons (Fsp3) is 0.780. The zero-order chi connectivity index (χ0) is 42.9. The molecule has 0 aromatic heterocycles. The van der Waals surface area contributed by atoms with Gasteiger partial charge < -0.3 is 39.4 Å². The molecule has 0 bridgehead atoms. The lowest BCUT2D eigenvalue weighted by atomic mass is 9.99. The highest BCUT2D eigenvalue weighted by atomic mass is 16.7. The van der Waals surface area contributed by atoms with Crippen LogP contribution in [0.25, 0.3) is 0 Å². The van der Waals surface area contributed by atoms with E-state index in [4.69, 9.17) is 18.9 Å². The van der Waals surface area contributed by atoms with E-state index in [-0.39, 0.29) is 19.2 Å². The highest BCUT2D eigenvalue weighted by Crippen LogP contribution is 2.22. The summed E-state index contributed by atoms with van der Waals surface area (Å²) < 4.78 is 22.8. The molecule has 0 aromatic carbocycles. The topological polar surface area (TPSA) is 135 Å². The van der Waals surface area contributed by atoms with Gasteiger partial charge in [-0.1, -0.05) is 164 Å². The number of hydrogen-bond donors (Lipinski definition) is 4. The Morgan fingerprint density at radius 3 is 1.58 bits per heavy atom. The molecule has 0 spiro atoms. The van der Waals surface area contributed by atoms with Crippen molar-refractivity contribution in [2.24, 2.45) is 0 Å². The Morgan fingerprint density at radius 1 is 0.559 bits per heavy atom. The number of carbonyl (C=O) groups excluding carboxylic acids is 1. The highest BCUT2D eigenvalue weighted by Gasteiger charge is 2.44. The summed E-state index contributed by atoms with van der Waals surface area (Å²) in [7, 11) is 0. The predicted octanol–water partition coefficient (Wildman–Crippen LogP) is 11.1. The lowest BCUT2D eigenvalue weighted by molar-refractivity contribution is -0.305. The molecule has 1 heterocycles. The summed E-state index contributed by atoms with van der Waals surface area (Å²) in [4.78, 5) is 12.8. The Bertz CT molecular complexity index is 1080. The number of rotatable bonds is 40. The van der Waals surface area contributed by atoms with Crippen molar-refractivity contribution in [3.63, 3.8) is 0 Å². The van der Waals surface area contributed by atoms with E-state index in [0.29, 0.717) is 13.0 Å². The summed E-state index contributed by atoms with van der Waals surface area (Å²) in [5.41, 5.74) is 0. The van der Waals surface area contributed by atoms with Gasteiger partial charge in [0.1, 0.15) is 30.5 Å². The summed E-state index contributed by atoms with van der Waals surface area (Å²) >= 11 is 0. The summed E-state index contributed by atoms with van der Waals surface area (Å²) in [6.07, 6.45) is 45.3. The first-order chi connectivity index (χ1) is 28.9. The van der Waals surface area contributed by atoms with Gasteiger partial charge in [0.2, 0.25) is 0 Å². The van der Waals surface area contributed by atoms with E-state index < -0.39 is 43.4 Å². The van der Waals surface area contributed by atoms with Crippen LogP contribution in [0.15, 0.2) is 60.8 Å². The van der Waals surface area contributed by atoms with Gasteiger partial charge in [0.25, 0.3) is 0 Å². The Morgan fingerprint density at radius 2 is 1.03 bits per heavy atom. The van der Waals surface area contributed by atoms with E-state index in [1.165, 1.54) is 89.9 Å². The molecule has 1 fully saturated rings.